The number of nitrogens with one attached hydrogen (secondary N) is 2. The number of halogens is 1. The molecule has 1 aliphatic heterocycles. The second-order valence-corrected chi connectivity index (χ2v) is 7.48. The van der Waals surface area contributed by atoms with Gasteiger partial charge in [0.1, 0.15) is 6.61 Å². The normalized spacial score (nSPS) is 15.9. The predicted molar refractivity (Wildman–Crippen MR) is 115 cm³/mol. The highest BCUT2D eigenvalue weighted by atomic mass is 79.9. The average Bonchev–Trinajstić information content (AvgIpc) is 2.77. The lowest BCUT2D eigenvalue weighted by atomic mass is 9.93. The highest BCUT2D eigenvalue weighted by Gasteiger charge is 2.35. The monoisotopic (exact) mass is 474 g/mol. The molecule has 2 amide bonds. The van der Waals surface area contributed by atoms with Gasteiger partial charge in [0.2, 0.25) is 0 Å². The quantitative estimate of drug-likeness (QED) is 0.586. The number of hydrogen-bond donors (Lipinski definition) is 2. The number of allylic oxidation sites excluding steroid dienone is 1. The Hall–Kier alpha value is -3.00. The van der Waals surface area contributed by atoms with Crippen LogP contribution >= 0.6 is 15.9 Å². The lowest BCUT2D eigenvalue weighted by molar-refractivity contribution is -0.136. The molecular weight excluding hydrogens is 452 g/mol. The van der Waals surface area contributed by atoms with Crippen molar-refractivity contribution in [3.8, 4) is 11.5 Å². The Labute approximate surface area is 183 Å². The van der Waals surface area contributed by atoms with E-state index in [1.54, 1.807) is 25.3 Å². The summed E-state index contributed by atoms with van der Waals surface area (Å²) in [5, 5.41) is 5.50. The van der Waals surface area contributed by atoms with Crippen molar-refractivity contribution in [1.29, 1.82) is 0 Å². The van der Waals surface area contributed by atoms with Crippen LogP contribution in [-0.4, -0.2) is 26.2 Å². The van der Waals surface area contributed by atoms with E-state index < -0.39 is 18.0 Å². The maximum Gasteiger partial charge on any atom is 0.337 e. The number of benzene rings is 2. The zero-order valence-electron chi connectivity index (χ0n) is 17.0. The van der Waals surface area contributed by atoms with Gasteiger partial charge in [-0.1, -0.05) is 47.1 Å². The molecule has 2 aromatic rings. The summed E-state index contributed by atoms with van der Waals surface area (Å²) < 4.78 is 17.6. The molecule has 158 valence electrons. The molecule has 7 nitrogen and oxygen atoms in total. The minimum atomic E-state index is -0.740. The van der Waals surface area contributed by atoms with E-state index in [0.29, 0.717) is 34.8 Å². The summed E-state index contributed by atoms with van der Waals surface area (Å²) in [6, 6.07) is 12.0. The maximum atomic E-state index is 12.6. The standard InChI is InChI=1S/C22H23BrN2O5/c1-4-16-18(21(26)29-3)19(25-22(27)24-16)15-6-5-7-17(28-2)20(15)30-12-13-8-10-14(23)11-9-13/h5-11,19H,4,12H2,1-3H3,(H2,24,25,27). The number of rotatable bonds is 7. The van der Waals surface area contributed by atoms with Crippen molar-refractivity contribution in [3.63, 3.8) is 0 Å². The third kappa shape index (κ3) is 4.59. The highest BCUT2D eigenvalue weighted by molar-refractivity contribution is 9.10. The predicted octanol–water partition coefficient (Wildman–Crippen LogP) is 4.23. The molecular formula is C22H23BrN2O5. The first-order valence-corrected chi connectivity index (χ1v) is 10.2. The summed E-state index contributed by atoms with van der Waals surface area (Å²) in [5.41, 5.74) is 2.41. The van der Waals surface area contributed by atoms with Gasteiger partial charge in [-0.25, -0.2) is 9.59 Å². The van der Waals surface area contributed by atoms with Crippen molar-refractivity contribution in [1.82, 2.24) is 10.6 Å². The number of esters is 1. The van der Waals surface area contributed by atoms with Crippen molar-refractivity contribution < 1.29 is 23.8 Å². The molecule has 0 saturated carbocycles. The third-order valence-electron chi connectivity index (χ3n) is 4.75. The second-order valence-electron chi connectivity index (χ2n) is 6.56. The summed E-state index contributed by atoms with van der Waals surface area (Å²) in [6.07, 6.45) is 0.466. The average molecular weight is 475 g/mol. The van der Waals surface area contributed by atoms with E-state index in [1.807, 2.05) is 31.2 Å². The van der Waals surface area contributed by atoms with Gasteiger partial charge in [-0.15, -0.1) is 0 Å². The van der Waals surface area contributed by atoms with Crippen LogP contribution in [0.1, 0.15) is 30.5 Å². The van der Waals surface area contributed by atoms with Crippen molar-refractivity contribution in [2.24, 2.45) is 0 Å². The Balaban J connectivity index is 2.04. The van der Waals surface area contributed by atoms with Crippen LogP contribution in [-0.2, 0) is 16.1 Å². The van der Waals surface area contributed by atoms with Crippen molar-refractivity contribution in [3.05, 3.63) is 69.3 Å². The molecule has 1 heterocycles. The summed E-state index contributed by atoms with van der Waals surface area (Å²) in [7, 11) is 2.85. The Morgan fingerprint density at radius 2 is 1.87 bits per heavy atom. The number of para-hydroxylation sites is 1. The van der Waals surface area contributed by atoms with Crippen LogP contribution in [0.4, 0.5) is 4.79 Å². The fourth-order valence-electron chi connectivity index (χ4n) is 3.29. The second kappa shape index (κ2) is 9.67. The molecule has 2 aromatic carbocycles. The molecule has 0 spiro atoms. The van der Waals surface area contributed by atoms with Crippen LogP contribution in [0.5, 0.6) is 11.5 Å². The Morgan fingerprint density at radius 1 is 1.13 bits per heavy atom. The van der Waals surface area contributed by atoms with Gasteiger partial charge in [-0.3, -0.25) is 0 Å². The molecule has 0 fully saturated rings. The first-order valence-electron chi connectivity index (χ1n) is 9.41. The van der Waals surface area contributed by atoms with E-state index in [0.717, 1.165) is 10.0 Å². The van der Waals surface area contributed by atoms with Gasteiger partial charge in [0.05, 0.1) is 25.8 Å². The van der Waals surface area contributed by atoms with E-state index in [1.165, 1.54) is 7.11 Å². The number of urea groups is 1. The molecule has 1 unspecified atom stereocenters. The van der Waals surface area contributed by atoms with Gasteiger partial charge in [0, 0.05) is 15.7 Å². The summed E-state index contributed by atoms with van der Waals surface area (Å²) in [5.74, 6) is 0.428. The smallest absolute Gasteiger partial charge is 0.337 e. The molecule has 0 bridgehead atoms. The van der Waals surface area contributed by atoms with Gasteiger partial charge in [-0.05, 0) is 30.2 Å². The number of carbonyl (C=O) groups excluding carboxylic acids is 2. The van der Waals surface area contributed by atoms with E-state index in [4.69, 9.17) is 14.2 Å². The van der Waals surface area contributed by atoms with Gasteiger partial charge < -0.3 is 24.8 Å². The molecule has 1 aliphatic rings. The Kier molecular flexibility index (Phi) is 6.99. The fourth-order valence-corrected chi connectivity index (χ4v) is 3.56. The highest BCUT2D eigenvalue weighted by Crippen LogP contribution is 2.40. The SMILES string of the molecule is CCC1=C(C(=O)OC)C(c2cccc(OC)c2OCc2ccc(Br)cc2)NC(=O)N1. The Bertz CT molecular complexity index is 972. The number of carbonyl (C=O) groups is 2. The van der Waals surface area contributed by atoms with E-state index in [2.05, 4.69) is 26.6 Å². The van der Waals surface area contributed by atoms with Crippen LogP contribution in [0.25, 0.3) is 0 Å². The molecule has 0 aliphatic carbocycles. The lowest BCUT2D eigenvalue weighted by Gasteiger charge is -2.30. The van der Waals surface area contributed by atoms with Gasteiger partial charge in [0.25, 0.3) is 0 Å². The number of hydrogen-bond acceptors (Lipinski definition) is 5. The first kappa shape index (κ1) is 21.7. The van der Waals surface area contributed by atoms with Crippen molar-refractivity contribution in [2.45, 2.75) is 26.0 Å². The molecule has 0 saturated heterocycles. The van der Waals surface area contributed by atoms with E-state index in [9.17, 15) is 9.59 Å². The van der Waals surface area contributed by atoms with Crippen LogP contribution in [0.3, 0.4) is 0 Å². The molecule has 1 atom stereocenters. The topological polar surface area (TPSA) is 85.9 Å². The minimum Gasteiger partial charge on any atom is -0.493 e. The first-order chi connectivity index (χ1) is 14.5. The summed E-state index contributed by atoms with van der Waals surface area (Å²) in [4.78, 5) is 24.8. The molecule has 8 heteroatoms. The van der Waals surface area contributed by atoms with Crippen LogP contribution in [0.2, 0.25) is 0 Å². The third-order valence-corrected chi connectivity index (χ3v) is 5.28. The Morgan fingerprint density at radius 3 is 2.50 bits per heavy atom. The van der Waals surface area contributed by atoms with Gasteiger partial charge in [-0.2, -0.15) is 0 Å². The van der Waals surface area contributed by atoms with Crippen LogP contribution in [0.15, 0.2) is 58.2 Å². The lowest BCUT2D eigenvalue weighted by Crippen LogP contribution is -2.45. The maximum absolute atomic E-state index is 12.6. The number of amides is 2. The number of ether oxygens (including phenoxy) is 3. The molecule has 30 heavy (non-hydrogen) atoms. The molecule has 0 radical (unpaired) electrons. The summed E-state index contributed by atoms with van der Waals surface area (Å²) >= 11 is 3.42. The zero-order chi connectivity index (χ0) is 21.7. The molecule has 3 rings (SSSR count). The minimum absolute atomic E-state index is 0.289. The number of methoxy groups -OCH3 is 2. The fraction of sp³-hybridized carbons (Fsp3) is 0.273. The van der Waals surface area contributed by atoms with Gasteiger partial charge >= 0.3 is 12.0 Å². The van der Waals surface area contributed by atoms with Crippen LogP contribution in [0, 0.1) is 0 Å². The molecule has 0 aromatic heterocycles. The summed E-state index contributed by atoms with van der Waals surface area (Å²) in [6.45, 7) is 2.15. The zero-order valence-corrected chi connectivity index (χ0v) is 18.5. The van der Waals surface area contributed by atoms with E-state index in [-0.39, 0.29) is 6.61 Å². The largest absolute Gasteiger partial charge is 0.493 e. The van der Waals surface area contributed by atoms with Gasteiger partial charge in [0.15, 0.2) is 11.5 Å². The van der Waals surface area contributed by atoms with E-state index >= 15 is 0 Å². The molecule has 2 N–H and O–H groups in total. The van der Waals surface area contributed by atoms with Crippen molar-refractivity contribution >= 4 is 27.9 Å². The van der Waals surface area contributed by atoms with Crippen LogP contribution < -0.4 is 20.1 Å². The van der Waals surface area contributed by atoms with Crippen molar-refractivity contribution in [2.75, 3.05) is 14.2 Å².